The fourth-order valence-electron chi connectivity index (χ4n) is 1.96. The smallest absolute Gasteiger partial charge is 0.264 e. The standard InChI is InChI=1S/C14H29O3S/c1-2-3-4-5-6-7-8-9-10-11-12-13-14-18(15,16)17/h8H,2-7,9-14H2,1H3,(H,15,16,17). The largest absolute Gasteiger partial charge is 0.286 e. The van der Waals surface area contributed by atoms with Gasteiger partial charge < -0.3 is 0 Å². The lowest BCUT2D eigenvalue weighted by Gasteiger charge is -2.02. The molecule has 0 spiro atoms. The van der Waals surface area contributed by atoms with Crippen LogP contribution in [0.2, 0.25) is 0 Å². The van der Waals surface area contributed by atoms with Crippen LogP contribution in [-0.2, 0) is 10.1 Å². The van der Waals surface area contributed by atoms with Gasteiger partial charge in [0.1, 0.15) is 0 Å². The molecule has 0 saturated carbocycles. The van der Waals surface area contributed by atoms with E-state index in [2.05, 4.69) is 13.3 Å². The summed E-state index contributed by atoms with van der Waals surface area (Å²) in [6.07, 6.45) is 15.0. The minimum absolute atomic E-state index is 0.0891. The monoisotopic (exact) mass is 277 g/mol. The predicted octanol–water partition coefficient (Wildman–Crippen LogP) is 4.39. The summed E-state index contributed by atoms with van der Waals surface area (Å²) in [5, 5.41) is 0. The Bertz CT molecular complexity index is 260. The fraction of sp³-hybridized carbons (Fsp3) is 0.929. The van der Waals surface area contributed by atoms with Crippen molar-refractivity contribution in [1.82, 2.24) is 0 Å². The van der Waals surface area contributed by atoms with Gasteiger partial charge in [0.25, 0.3) is 10.1 Å². The molecular formula is C14H29O3S. The summed E-state index contributed by atoms with van der Waals surface area (Å²) in [6, 6.07) is 0. The summed E-state index contributed by atoms with van der Waals surface area (Å²) in [6.45, 7) is 2.23. The molecule has 4 heteroatoms. The van der Waals surface area contributed by atoms with E-state index < -0.39 is 10.1 Å². The fourth-order valence-corrected chi connectivity index (χ4v) is 2.53. The van der Waals surface area contributed by atoms with E-state index in [4.69, 9.17) is 4.55 Å². The van der Waals surface area contributed by atoms with Crippen LogP contribution in [0.15, 0.2) is 0 Å². The zero-order chi connectivity index (χ0) is 13.7. The number of hydrogen-bond donors (Lipinski definition) is 1. The van der Waals surface area contributed by atoms with E-state index in [0.717, 1.165) is 25.7 Å². The maximum atomic E-state index is 10.5. The van der Waals surface area contributed by atoms with Crippen LogP contribution in [-0.4, -0.2) is 18.7 Å². The van der Waals surface area contributed by atoms with E-state index in [9.17, 15) is 8.42 Å². The van der Waals surface area contributed by atoms with Crippen molar-refractivity contribution in [1.29, 1.82) is 0 Å². The van der Waals surface area contributed by atoms with E-state index in [1.54, 1.807) is 0 Å². The molecule has 0 aromatic rings. The SMILES string of the molecule is CCCCCCC[CH]CCCCCCS(=O)(=O)O. The molecule has 0 heterocycles. The first kappa shape index (κ1) is 17.9. The highest BCUT2D eigenvalue weighted by Crippen LogP contribution is 2.11. The lowest BCUT2D eigenvalue weighted by Crippen LogP contribution is -2.03. The van der Waals surface area contributed by atoms with Gasteiger partial charge in [0, 0.05) is 0 Å². The van der Waals surface area contributed by atoms with Gasteiger partial charge in [-0.05, 0) is 12.8 Å². The predicted molar refractivity (Wildman–Crippen MR) is 77.2 cm³/mol. The highest BCUT2D eigenvalue weighted by molar-refractivity contribution is 7.85. The Labute approximate surface area is 113 Å². The molecule has 0 unspecified atom stereocenters. The van der Waals surface area contributed by atoms with Gasteiger partial charge in [-0.25, -0.2) is 0 Å². The molecule has 1 N–H and O–H groups in total. The van der Waals surface area contributed by atoms with Crippen molar-refractivity contribution in [3.8, 4) is 0 Å². The second kappa shape index (κ2) is 12.0. The maximum absolute atomic E-state index is 10.5. The Kier molecular flexibility index (Phi) is 11.9. The first-order valence-corrected chi connectivity index (χ1v) is 8.94. The van der Waals surface area contributed by atoms with Crippen LogP contribution in [0.25, 0.3) is 0 Å². The molecule has 109 valence electrons. The molecule has 0 bridgehead atoms. The van der Waals surface area contributed by atoms with Crippen LogP contribution in [0.5, 0.6) is 0 Å². The van der Waals surface area contributed by atoms with Crippen molar-refractivity contribution in [3.63, 3.8) is 0 Å². The third-order valence-electron chi connectivity index (χ3n) is 3.07. The molecule has 0 rings (SSSR count). The molecule has 0 saturated heterocycles. The molecule has 0 aromatic heterocycles. The van der Waals surface area contributed by atoms with Crippen LogP contribution < -0.4 is 0 Å². The van der Waals surface area contributed by atoms with Gasteiger partial charge in [0.2, 0.25) is 0 Å². The van der Waals surface area contributed by atoms with Gasteiger partial charge in [-0.3, -0.25) is 4.55 Å². The van der Waals surface area contributed by atoms with E-state index in [0.29, 0.717) is 6.42 Å². The zero-order valence-electron chi connectivity index (χ0n) is 11.7. The van der Waals surface area contributed by atoms with Gasteiger partial charge in [0.05, 0.1) is 5.75 Å². The molecule has 1 radical (unpaired) electrons. The maximum Gasteiger partial charge on any atom is 0.264 e. The van der Waals surface area contributed by atoms with Crippen LogP contribution in [0, 0.1) is 6.42 Å². The van der Waals surface area contributed by atoms with Crippen molar-refractivity contribution in [2.24, 2.45) is 0 Å². The molecule has 0 amide bonds. The van der Waals surface area contributed by atoms with Crippen LogP contribution in [0.3, 0.4) is 0 Å². The average Bonchev–Trinajstić information content (AvgIpc) is 2.29. The quantitative estimate of drug-likeness (QED) is 0.401. The van der Waals surface area contributed by atoms with Crippen molar-refractivity contribution < 1.29 is 13.0 Å². The topological polar surface area (TPSA) is 54.4 Å². The molecule has 0 aromatic carbocycles. The summed E-state index contributed by atoms with van der Waals surface area (Å²) in [5.74, 6) is -0.0891. The van der Waals surface area contributed by atoms with Crippen LogP contribution in [0.1, 0.15) is 77.6 Å². The zero-order valence-corrected chi connectivity index (χ0v) is 12.6. The molecule has 0 aliphatic carbocycles. The molecule has 3 nitrogen and oxygen atoms in total. The molecule has 0 aliphatic heterocycles. The third-order valence-corrected chi connectivity index (χ3v) is 3.88. The van der Waals surface area contributed by atoms with E-state index in [1.165, 1.54) is 38.5 Å². The Morgan fingerprint density at radius 2 is 1.33 bits per heavy atom. The second-order valence-corrected chi connectivity index (χ2v) is 6.55. The summed E-state index contributed by atoms with van der Waals surface area (Å²) in [4.78, 5) is 0. The molecular weight excluding hydrogens is 248 g/mol. The first-order chi connectivity index (χ1) is 8.56. The van der Waals surface area contributed by atoms with Gasteiger partial charge in [-0.2, -0.15) is 8.42 Å². The molecule has 18 heavy (non-hydrogen) atoms. The third kappa shape index (κ3) is 15.9. The summed E-state index contributed by atoms with van der Waals surface area (Å²) < 4.78 is 29.5. The number of rotatable bonds is 13. The first-order valence-electron chi connectivity index (χ1n) is 7.33. The number of hydrogen-bond acceptors (Lipinski definition) is 2. The highest BCUT2D eigenvalue weighted by atomic mass is 32.2. The van der Waals surface area contributed by atoms with Gasteiger partial charge >= 0.3 is 0 Å². The normalized spacial score (nSPS) is 11.9. The summed E-state index contributed by atoms with van der Waals surface area (Å²) in [7, 11) is -3.74. The van der Waals surface area contributed by atoms with Gasteiger partial charge in [0.15, 0.2) is 0 Å². The van der Waals surface area contributed by atoms with Crippen molar-refractivity contribution in [2.45, 2.75) is 77.6 Å². The minimum atomic E-state index is -3.74. The minimum Gasteiger partial charge on any atom is -0.286 e. The van der Waals surface area contributed by atoms with E-state index >= 15 is 0 Å². The van der Waals surface area contributed by atoms with Gasteiger partial charge in [-0.15, -0.1) is 0 Å². The lowest BCUT2D eigenvalue weighted by atomic mass is 10.1. The average molecular weight is 277 g/mol. The summed E-state index contributed by atoms with van der Waals surface area (Å²) >= 11 is 0. The van der Waals surface area contributed by atoms with Gasteiger partial charge in [-0.1, -0.05) is 71.1 Å². The van der Waals surface area contributed by atoms with Crippen LogP contribution in [0.4, 0.5) is 0 Å². The van der Waals surface area contributed by atoms with Crippen molar-refractivity contribution >= 4 is 10.1 Å². The van der Waals surface area contributed by atoms with E-state index in [1.807, 2.05) is 0 Å². The van der Waals surface area contributed by atoms with Crippen molar-refractivity contribution in [2.75, 3.05) is 5.75 Å². The van der Waals surface area contributed by atoms with Crippen molar-refractivity contribution in [3.05, 3.63) is 6.42 Å². The van der Waals surface area contributed by atoms with E-state index in [-0.39, 0.29) is 5.75 Å². The Hall–Kier alpha value is -0.0900. The molecule has 0 atom stereocenters. The Morgan fingerprint density at radius 3 is 1.83 bits per heavy atom. The molecule has 0 aliphatic rings. The molecule has 0 fully saturated rings. The summed E-state index contributed by atoms with van der Waals surface area (Å²) in [5.41, 5.74) is 0. The Morgan fingerprint density at radius 1 is 0.833 bits per heavy atom. The number of unbranched alkanes of at least 4 members (excludes halogenated alkanes) is 11. The lowest BCUT2D eigenvalue weighted by molar-refractivity contribution is 0.479. The van der Waals surface area contributed by atoms with Crippen LogP contribution >= 0.6 is 0 Å². The second-order valence-electron chi connectivity index (χ2n) is 4.98. The Balaban J connectivity index is 3.03. The highest BCUT2D eigenvalue weighted by Gasteiger charge is 2.02.